The van der Waals surface area contributed by atoms with Gasteiger partial charge in [0.1, 0.15) is 0 Å². The summed E-state index contributed by atoms with van der Waals surface area (Å²) in [6, 6.07) is 11.9. The summed E-state index contributed by atoms with van der Waals surface area (Å²) in [5.41, 5.74) is 1.78. The molecule has 7 heteroatoms. The highest BCUT2D eigenvalue weighted by atomic mass is 35.5. The molecule has 0 radical (unpaired) electrons. The van der Waals surface area contributed by atoms with Gasteiger partial charge in [0.15, 0.2) is 0 Å². The van der Waals surface area contributed by atoms with E-state index in [4.69, 9.17) is 23.2 Å². The quantitative estimate of drug-likeness (QED) is 0.787. The van der Waals surface area contributed by atoms with Gasteiger partial charge in [-0.2, -0.15) is 0 Å². The summed E-state index contributed by atoms with van der Waals surface area (Å²) >= 11 is 11.8. The van der Waals surface area contributed by atoms with E-state index in [2.05, 4.69) is 9.97 Å². The highest BCUT2D eigenvalue weighted by molar-refractivity contribution is 7.90. The van der Waals surface area contributed by atoms with Crippen LogP contribution in [0.2, 0.25) is 10.0 Å². The number of aromatic amines is 1. The first-order valence-corrected chi connectivity index (χ1v) is 8.48. The van der Waals surface area contributed by atoms with Crippen LogP contribution in [0.4, 0.5) is 0 Å². The summed E-state index contributed by atoms with van der Waals surface area (Å²) in [7, 11) is -3.60. The monoisotopic (exact) mass is 340 g/mol. The zero-order valence-electron chi connectivity index (χ0n) is 10.7. The Bertz CT molecular complexity index is 887. The second-order valence-corrected chi connectivity index (χ2v) is 7.30. The van der Waals surface area contributed by atoms with E-state index in [9.17, 15) is 8.42 Å². The first-order valence-electron chi connectivity index (χ1n) is 6.07. The van der Waals surface area contributed by atoms with Crippen molar-refractivity contribution in [2.45, 2.75) is 10.9 Å². The van der Waals surface area contributed by atoms with Gasteiger partial charge in [-0.05, 0) is 29.8 Å². The van der Waals surface area contributed by atoms with Gasteiger partial charge in [-0.25, -0.2) is 13.4 Å². The number of fused-ring (bicyclic) bond motifs is 1. The molecule has 0 saturated carbocycles. The number of rotatable bonds is 3. The fourth-order valence-corrected chi connectivity index (χ4v) is 3.84. The van der Waals surface area contributed by atoms with Crippen molar-refractivity contribution in [2.24, 2.45) is 0 Å². The molecule has 108 valence electrons. The third-order valence-corrected chi connectivity index (χ3v) is 5.08. The van der Waals surface area contributed by atoms with Gasteiger partial charge in [-0.1, -0.05) is 41.4 Å². The molecule has 1 heterocycles. The first kappa shape index (κ1) is 14.4. The van der Waals surface area contributed by atoms with Gasteiger partial charge in [0, 0.05) is 10.0 Å². The van der Waals surface area contributed by atoms with Crippen LogP contribution in [-0.4, -0.2) is 18.4 Å². The minimum Gasteiger partial charge on any atom is -0.329 e. The van der Waals surface area contributed by atoms with Gasteiger partial charge in [0.25, 0.3) is 0 Å². The van der Waals surface area contributed by atoms with Crippen molar-refractivity contribution in [3.05, 3.63) is 58.1 Å². The van der Waals surface area contributed by atoms with Crippen LogP contribution in [0.3, 0.4) is 0 Å². The largest absolute Gasteiger partial charge is 0.329 e. The third kappa shape index (κ3) is 2.90. The van der Waals surface area contributed by atoms with E-state index in [-0.39, 0.29) is 10.9 Å². The minimum absolute atomic E-state index is 0.0604. The average Bonchev–Trinajstić information content (AvgIpc) is 2.87. The smallest absolute Gasteiger partial charge is 0.226 e. The number of benzene rings is 2. The lowest BCUT2D eigenvalue weighted by atomic mass is 10.2. The number of nitrogens with zero attached hydrogens (tertiary/aromatic N) is 1. The Kier molecular flexibility index (Phi) is 3.65. The molecule has 0 fully saturated rings. The number of H-pyrrole nitrogens is 1. The van der Waals surface area contributed by atoms with E-state index < -0.39 is 9.84 Å². The summed E-state index contributed by atoms with van der Waals surface area (Å²) in [4.78, 5) is 6.93. The highest BCUT2D eigenvalue weighted by Crippen LogP contribution is 2.25. The average molecular weight is 341 g/mol. The van der Waals surface area contributed by atoms with Crippen LogP contribution in [-0.2, 0) is 15.6 Å². The molecule has 0 aliphatic rings. The number of aromatic nitrogens is 2. The number of sulfone groups is 1. The summed E-state index contributed by atoms with van der Waals surface area (Å²) in [6.07, 6.45) is 0. The molecular formula is C14H10Cl2N2O2S. The van der Waals surface area contributed by atoms with Crippen LogP contribution in [0.1, 0.15) is 5.56 Å². The number of imidazole rings is 1. The van der Waals surface area contributed by atoms with Crippen LogP contribution in [0, 0.1) is 0 Å². The summed E-state index contributed by atoms with van der Waals surface area (Å²) in [5, 5.41) is 0.724. The zero-order chi connectivity index (χ0) is 15.0. The van der Waals surface area contributed by atoms with Gasteiger partial charge in [-0.3, -0.25) is 0 Å². The third-order valence-electron chi connectivity index (χ3n) is 3.02. The molecule has 0 aliphatic carbocycles. The highest BCUT2D eigenvalue weighted by Gasteiger charge is 2.21. The van der Waals surface area contributed by atoms with Gasteiger partial charge in [0.05, 0.1) is 16.8 Å². The summed E-state index contributed by atoms with van der Waals surface area (Å²) in [5.74, 6) is -0.233. The zero-order valence-corrected chi connectivity index (χ0v) is 13.0. The van der Waals surface area contributed by atoms with Crippen LogP contribution >= 0.6 is 23.2 Å². The van der Waals surface area contributed by atoms with Crippen molar-refractivity contribution in [1.82, 2.24) is 9.97 Å². The molecule has 1 aromatic heterocycles. The van der Waals surface area contributed by atoms with Gasteiger partial charge >= 0.3 is 0 Å². The fraction of sp³-hybridized carbons (Fsp3) is 0.0714. The van der Waals surface area contributed by atoms with E-state index in [0.29, 0.717) is 26.6 Å². The van der Waals surface area contributed by atoms with E-state index in [1.807, 2.05) is 6.07 Å². The molecule has 4 nitrogen and oxygen atoms in total. The lowest BCUT2D eigenvalue weighted by Crippen LogP contribution is -2.07. The predicted octanol–water partition coefficient (Wildman–Crippen LogP) is 3.84. The first-order chi connectivity index (χ1) is 9.95. The number of halogens is 2. The summed E-state index contributed by atoms with van der Waals surface area (Å²) < 4.78 is 24.8. The molecule has 3 rings (SSSR count). The lowest BCUT2D eigenvalue weighted by molar-refractivity contribution is 0.588. The van der Waals surface area contributed by atoms with Crippen molar-refractivity contribution < 1.29 is 8.42 Å². The Morgan fingerprint density at radius 2 is 1.86 bits per heavy atom. The molecule has 0 bridgehead atoms. The van der Waals surface area contributed by atoms with Crippen molar-refractivity contribution in [3.8, 4) is 0 Å². The SMILES string of the molecule is O=S(=O)(Cc1ccc(Cl)cc1Cl)c1nc2ccccc2[nH]1. The Balaban J connectivity index is 2.00. The van der Waals surface area contributed by atoms with Crippen LogP contribution < -0.4 is 0 Å². The van der Waals surface area contributed by atoms with Gasteiger partial charge < -0.3 is 4.98 Å². The topological polar surface area (TPSA) is 62.8 Å². The van der Waals surface area contributed by atoms with Crippen LogP contribution in [0.5, 0.6) is 0 Å². The molecule has 2 aromatic carbocycles. The van der Waals surface area contributed by atoms with E-state index >= 15 is 0 Å². The molecule has 0 spiro atoms. The van der Waals surface area contributed by atoms with Crippen molar-refractivity contribution in [1.29, 1.82) is 0 Å². The molecule has 0 saturated heterocycles. The Morgan fingerprint density at radius 3 is 2.57 bits per heavy atom. The Morgan fingerprint density at radius 1 is 1.10 bits per heavy atom. The van der Waals surface area contributed by atoms with Crippen molar-refractivity contribution >= 4 is 44.1 Å². The summed E-state index contributed by atoms with van der Waals surface area (Å²) in [6.45, 7) is 0. The van der Waals surface area contributed by atoms with Gasteiger partial charge in [0.2, 0.25) is 15.0 Å². The number of hydrogen-bond acceptors (Lipinski definition) is 3. The van der Waals surface area contributed by atoms with Crippen molar-refractivity contribution in [3.63, 3.8) is 0 Å². The normalized spacial score (nSPS) is 11.9. The Labute approximate surface area is 131 Å². The predicted molar refractivity (Wildman–Crippen MR) is 83.4 cm³/mol. The maximum Gasteiger partial charge on any atom is 0.226 e. The fourth-order valence-electron chi connectivity index (χ4n) is 1.99. The van der Waals surface area contributed by atoms with Gasteiger partial charge in [-0.15, -0.1) is 0 Å². The molecule has 0 amide bonds. The second-order valence-electron chi connectivity index (χ2n) is 4.55. The maximum atomic E-state index is 12.4. The standard InChI is InChI=1S/C14H10Cl2N2O2S/c15-10-6-5-9(11(16)7-10)8-21(19,20)14-17-12-3-1-2-4-13(12)18-14/h1-7H,8H2,(H,17,18). The molecular weight excluding hydrogens is 331 g/mol. The number of para-hydroxylation sites is 2. The molecule has 3 aromatic rings. The molecule has 21 heavy (non-hydrogen) atoms. The van der Waals surface area contributed by atoms with Crippen LogP contribution in [0.25, 0.3) is 11.0 Å². The van der Waals surface area contributed by atoms with E-state index in [0.717, 1.165) is 0 Å². The van der Waals surface area contributed by atoms with Crippen LogP contribution in [0.15, 0.2) is 47.6 Å². The van der Waals surface area contributed by atoms with Crippen molar-refractivity contribution in [2.75, 3.05) is 0 Å². The molecule has 0 atom stereocenters. The number of hydrogen-bond donors (Lipinski definition) is 1. The van der Waals surface area contributed by atoms with E-state index in [1.54, 1.807) is 30.3 Å². The minimum atomic E-state index is -3.60. The van der Waals surface area contributed by atoms with E-state index in [1.165, 1.54) is 6.07 Å². The molecule has 0 aliphatic heterocycles. The maximum absolute atomic E-state index is 12.4. The number of nitrogens with one attached hydrogen (secondary N) is 1. The molecule has 0 unspecified atom stereocenters. The molecule has 1 N–H and O–H groups in total. The lowest BCUT2D eigenvalue weighted by Gasteiger charge is -2.04. The second kappa shape index (κ2) is 5.33. The Hall–Kier alpha value is -1.56.